The van der Waals surface area contributed by atoms with Gasteiger partial charge in [-0.05, 0) is 47.5 Å². The van der Waals surface area contributed by atoms with E-state index in [4.69, 9.17) is 9.84 Å². The van der Waals surface area contributed by atoms with Crippen LogP contribution in [0.5, 0.6) is 11.5 Å². The van der Waals surface area contributed by atoms with Gasteiger partial charge in [0.15, 0.2) is 0 Å². The molecule has 0 aliphatic heterocycles. The van der Waals surface area contributed by atoms with E-state index < -0.39 is 6.09 Å². The van der Waals surface area contributed by atoms with Gasteiger partial charge >= 0.3 is 6.09 Å². The van der Waals surface area contributed by atoms with Crippen LogP contribution in [0.15, 0.2) is 78.9 Å². The molecular formula is C22H20N2O4. The van der Waals surface area contributed by atoms with Crippen molar-refractivity contribution in [1.29, 1.82) is 0 Å². The predicted molar refractivity (Wildman–Crippen MR) is 105 cm³/mol. The van der Waals surface area contributed by atoms with E-state index in [1.165, 1.54) is 0 Å². The summed E-state index contributed by atoms with van der Waals surface area (Å²) in [6.07, 6.45) is -1.06. The lowest BCUT2D eigenvalue weighted by Crippen LogP contribution is -2.22. The van der Waals surface area contributed by atoms with Crippen molar-refractivity contribution >= 4 is 12.0 Å². The van der Waals surface area contributed by atoms with Gasteiger partial charge < -0.3 is 20.5 Å². The van der Waals surface area contributed by atoms with Crippen LogP contribution in [0.1, 0.15) is 21.5 Å². The zero-order valence-electron chi connectivity index (χ0n) is 15.1. The highest BCUT2D eigenvalue weighted by atomic mass is 16.5. The van der Waals surface area contributed by atoms with Crippen LogP contribution in [0.2, 0.25) is 0 Å². The minimum absolute atomic E-state index is 0.178. The van der Waals surface area contributed by atoms with Crippen molar-refractivity contribution in [2.75, 3.05) is 0 Å². The maximum absolute atomic E-state index is 12.3. The Hall–Kier alpha value is -3.80. The van der Waals surface area contributed by atoms with E-state index in [1.54, 1.807) is 24.3 Å². The molecule has 3 N–H and O–H groups in total. The maximum atomic E-state index is 12.3. The molecule has 0 radical (unpaired) electrons. The van der Waals surface area contributed by atoms with Crippen LogP contribution in [-0.2, 0) is 13.1 Å². The summed E-state index contributed by atoms with van der Waals surface area (Å²) in [5, 5.41) is 13.8. The molecule has 142 valence electrons. The molecule has 0 aliphatic rings. The quantitative estimate of drug-likeness (QED) is 0.577. The molecule has 2 amide bonds. The molecular weight excluding hydrogens is 356 g/mol. The minimum atomic E-state index is -1.06. The van der Waals surface area contributed by atoms with Gasteiger partial charge in [0.2, 0.25) is 0 Å². The van der Waals surface area contributed by atoms with Crippen LogP contribution in [0.25, 0.3) is 0 Å². The van der Waals surface area contributed by atoms with Gasteiger partial charge in [0.1, 0.15) is 11.5 Å². The number of hydrogen-bond donors (Lipinski definition) is 3. The highest BCUT2D eigenvalue weighted by Gasteiger charge is 2.06. The first-order chi connectivity index (χ1) is 13.6. The number of hydrogen-bond acceptors (Lipinski definition) is 3. The fourth-order valence-electron chi connectivity index (χ4n) is 2.54. The van der Waals surface area contributed by atoms with Crippen molar-refractivity contribution in [2.45, 2.75) is 13.1 Å². The van der Waals surface area contributed by atoms with Crippen molar-refractivity contribution in [1.82, 2.24) is 10.6 Å². The predicted octanol–water partition coefficient (Wildman–Crippen LogP) is 4.18. The molecule has 0 aliphatic carbocycles. The van der Waals surface area contributed by atoms with Crippen molar-refractivity contribution in [3.63, 3.8) is 0 Å². The van der Waals surface area contributed by atoms with E-state index in [0.717, 1.165) is 16.9 Å². The van der Waals surface area contributed by atoms with E-state index in [0.29, 0.717) is 17.9 Å². The van der Waals surface area contributed by atoms with Crippen LogP contribution in [0, 0.1) is 0 Å². The Morgan fingerprint density at radius 1 is 0.714 bits per heavy atom. The first kappa shape index (κ1) is 19.0. The number of nitrogens with one attached hydrogen (secondary N) is 2. The number of para-hydroxylation sites is 1. The van der Waals surface area contributed by atoms with Gasteiger partial charge in [-0.25, -0.2) is 4.79 Å². The third kappa shape index (κ3) is 5.60. The van der Waals surface area contributed by atoms with Crippen molar-refractivity contribution in [3.8, 4) is 11.5 Å². The Balaban J connectivity index is 1.51. The SMILES string of the molecule is O=C(O)NCc1ccc(CNC(=O)c2ccc(Oc3ccccc3)cc2)cc1. The summed E-state index contributed by atoms with van der Waals surface area (Å²) in [4.78, 5) is 22.8. The molecule has 0 aromatic heterocycles. The van der Waals surface area contributed by atoms with E-state index in [-0.39, 0.29) is 12.5 Å². The van der Waals surface area contributed by atoms with Crippen molar-refractivity contribution < 1.29 is 19.4 Å². The topological polar surface area (TPSA) is 87.7 Å². The minimum Gasteiger partial charge on any atom is -0.465 e. The average Bonchev–Trinajstić information content (AvgIpc) is 2.72. The van der Waals surface area contributed by atoms with Gasteiger partial charge in [-0.2, -0.15) is 0 Å². The zero-order valence-corrected chi connectivity index (χ0v) is 15.1. The number of ether oxygens (including phenoxy) is 1. The third-order valence-corrected chi connectivity index (χ3v) is 4.02. The second-order valence-electron chi connectivity index (χ2n) is 6.10. The third-order valence-electron chi connectivity index (χ3n) is 4.02. The second-order valence-corrected chi connectivity index (χ2v) is 6.10. The molecule has 0 saturated carbocycles. The number of rotatable bonds is 7. The van der Waals surface area contributed by atoms with Gasteiger partial charge in [0, 0.05) is 18.7 Å². The van der Waals surface area contributed by atoms with Crippen LogP contribution >= 0.6 is 0 Å². The van der Waals surface area contributed by atoms with Crippen LogP contribution < -0.4 is 15.4 Å². The smallest absolute Gasteiger partial charge is 0.404 e. The molecule has 0 unspecified atom stereocenters. The van der Waals surface area contributed by atoms with Gasteiger partial charge in [-0.15, -0.1) is 0 Å². The number of carbonyl (C=O) groups excluding carboxylic acids is 1. The molecule has 0 spiro atoms. The number of carbonyl (C=O) groups is 2. The van der Waals surface area contributed by atoms with E-state index in [2.05, 4.69) is 10.6 Å². The lowest BCUT2D eigenvalue weighted by atomic mass is 10.1. The number of amides is 2. The molecule has 3 rings (SSSR count). The Bertz CT molecular complexity index is 923. The molecule has 0 atom stereocenters. The summed E-state index contributed by atoms with van der Waals surface area (Å²) in [7, 11) is 0. The standard InChI is InChI=1S/C22H20N2O4/c25-21(23-14-16-6-8-17(9-7-16)15-24-22(26)27)18-10-12-20(13-11-18)28-19-4-2-1-3-5-19/h1-13,24H,14-15H2,(H,23,25)(H,26,27). The molecule has 6 nitrogen and oxygen atoms in total. The number of benzene rings is 3. The van der Waals surface area contributed by atoms with Crippen LogP contribution in [-0.4, -0.2) is 17.1 Å². The Morgan fingerprint density at radius 2 is 1.25 bits per heavy atom. The fraction of sp³-hybridized carbons (Fsp3) is 0.0909. The van der Waals surface area contributed by atoms with Gasteiger partial charge in [0.05, 0.1) is 0 Å². The summed E-state index contributed by atoms with van der Waals surface area (Å²) in [5.74, 6) is 1.22. The molecule has 0 bridgehead atoms. The van der Waals surface area contributed by atoms with E-state index in [1.807, 2.05) is 54.6 Å². The van der Waals surface area contributed by atoms with E-state index >= 15 is 0 Å². The molecule has 0 saturated heterocycles. The van der Waals surface area contributed by atoms with E-state index in [9.17, 15) is 9.59 Å². The zero-order chi connectivity index (χ0) is 19.8. The van der Waals surface area contributed by atoms with Gasteiger partial charge in [-0.1, -0.05) is 42.5 Å². The molecule has 3 aromatic carbocycles. The van der Waals surface area contributed by atoms with Crippen molar-refractivity contribution in [3.05, 3.63) is 95.6 Å². The largest absolute Gasteiger partial charge is 0.465 e. The number of carboxylic acid groups (broad SMARTS) is 1. The average molecular weight is 376 g/mol. The highest BCUT2D eigenvalue weighted by Crippen LogP contribution is 2.21. The maximum Gasteiger partial charge on any atom is 0.404 e. The van der Waals surface area contributed by atoms with Crippen LogP contribution in [0.3, 0.4) is 0 Å². The molecule has 28 heavy (non-hydrogen) atoms. The fourth-order valence-corrected chi connectivity index (χ4v) is 2.54. The summed E-state index contributed by atoms with van der Waals surface area (Å²) < 4.78 is 5.71. The molecule has 3 aromatic rings. The van der Waals surface area contributed by atoms with Crippen LogP contribution in [0.4, 0.5) is 4.79 Å². The molecule has 0 fully saturated rings. The normalized spacial score (nSPS) is 10.1. The van der Waals surface area contributed by atoms with Gasteiger partial charge in [-0.3, -0.25) is 4.79 Å². The molecule has 0 heterocycles. The first-order valence-corrected chi connectivity index (χ1v) is 8.76. The highest BCUT2D eigenvalue weighted by molar-refractivity contribution is 5.94. The van der Waals surface area contributed by atoms with Crippen molar-refractivity contribution in [2.24, 2.45) is 0 Å². The summed E-state index contributed by atoms with van der Waals surface area (Å²) >= 11 is 0. The summed E-state index contributed by atoms with van der Waals surface area (Å²) in [6, 6.07) is 23.7. The monoisotopic (exact) mass is 376 g/mol. The molecule has 6 heteroatoms. The lowest BCUT2D eigenvalue weighted by molar-refractivity contribution is 0.0951. The lowest BCUT2D eigenvalue weighted by Gasteiger charge is -2.08. The van der Waals surface area contributed by atoms with Gasteiger partial charge in [0.25, 0.3) is 5.91 Å². The Labute approximate surface area is 162 Å². The summed E-state index contributed by atoms with van der Waals surface area (Å²) in [6.45, 7) is 0.632. The second kappa shape index (κ2) is 9.23. The Morgan fingerprint density at radius 3 is 1.82 bits per heavy atom. The Kier molecular flexibility index (Phi) is 6.25. The summed E-state index contributed by atoms with van der Waals surface area (Å²) in [5.41, 5.74) is 2.32. The first-order valence-electron chi connectivity index (χ1n) is 8.76.